The summed E-state index contributed by atoms with van der Waals surface area (Å²) >= 11 is 6.34. The van der Waals surface area contributed by atoms with E-state index in [1.165, 1.54) is 5.56 Å². The summed E-state index contributed by atoms with van der Waals surface area (Å²) in [6.07, 6.45) is 2.28. The van der Waals surface area contributed by atoms with E-state index in [9.17, 15) is 9.59 Å². The van der Waals surface area contributed by atoms with Crippen LogP contribution in [0.2, 0.25) is 5.02 Å². The van der Waals surface area contributed by atoms with Crippen molar-refractivity contribution in [3.8, 4) is 5.75 Å². The third-order valence-corrected chi connectivity index (χ3v) is 6.32. The molecule has 0 bridgehead atoms. The molecule has 7 heteroatoms. The Kier molecular flexibility index (Phi) is 6.78. The number of rotatable bonds is 5. The van der Waals surface area contributed by atoms with Crippen LogP contribution in [0.1, 0.15) is 35.2 Å². The van der Waals surface area contributed by atoms with Gasteiger partial charge in [0.1, 0.15) is 5.75 Å². The van der Waals surface area contributed by atoms with E-state index in [2.05, 4.69) is 17.0 Å². The average Bonchev–Trinajstić information content (AvgIpc) is 3.07. The van der Waals surface area contributed by atoms with Crippen LogP contribution in [0.5, 0.6) is 5.75 Å². The second kappa shape index (κ2) is 9.71. The molecule has 0 N–H and O–H groups in total. The number of carbonyl (C=O) groups excluding carboxylic acids is 2. The molecular formula is C24H28ClN3O3. The summed E-state index contributed by atoms with van der Waals surface area (Å²) in [7, 11) is 1.67. The Hall–Kier alpha value is -2.57. The second-order valence-electron chi connectivity index (χ2n) is 8.09. The molecular weight excluding hydrogens is 414 g/mol. The molecule has 2 aromatic carbocycles. The Balaban J connectivity index is 1.41. The van der Waals surface area contributed by atoms with Gasteiger partial charge in [-0.1, -0.05) is 23.7 Å². The maximum Gasteiger partial charge on any atom is 0.253 e. The number of halogens is 1. The number of ether oxygens (including phenoxy) is 1. The Morgan fingerprint density at radius 2 is 1.81 bits per heavy atom. The first-order valence-electron chi connectivity index (χ1n) is 10.8. The number of nitrogens with zero attached hydrogens (tertiary/aromatic N) is 3. The first kappa shape index (κ1) is 21.7. The Labute approximate surface area is 188 Å². The van der Waals surface area contributed by atoms with Gasteiger partial charge in [0.25, 0.3) is 5.91 Å². The predicted octanol–water partition coefficient (Wildman–Crippen LogP) is 3.82. The van der Waals surface area contributed by atoms with Crippen LogP contribution < -0.4 is 9.64 Å². The number of hydrogen-bond donors (Lipinski definition) is 0. The van der Waals surface area contributed by atoms with Crippen molar-refractivity contribution in [2.24, 2.45) is 0 Å². The molecule has 0 aromatic heterocycles. The summed E-state index contributed by atoms with van der Waals surface area (Å²) in [6.45, 7) is 4.68. The lowest BCUT2D eigenvalue weighted by molar-refractivity contribution is -0.117. The summed E-state index contributed by atoms with van der Waals surface area (Å²) in [5.41, 5.74) is 2.46. The molecule has 0 saturated carbocycles. The number of anilines is 1. The van der Waals surface area contributed by atoms with E-state index in [1.54, 1.807) is 30.2 Å². The van der Waals surface area contributed by atoms with Crippen molar-refractivity contribution in [1.82, 2.24) is 9.80 Å². The molecule has 2 aliphatic rings. The maximum atomic E-state index is 13.2. The number of methoxy groups -OCH3 is 1. The topological polar surface area (TPSA) is 53.1 Å². The molecule has 2 aromatic rings. The summed E-state index contributed by atoms with van der Waals surface area (Å²) < 4.78 is 5.23. The van der Waals surface area contributed by atoms with Crippen molar-refractivity contribution in [3.63, 3.8) is 0 Å². The van der Waals surface area contributed by atoms with Crippen molar-refractivity contribution >= 4 is 29.1 Å². The maximum absolute atomic E-state index is 13.2. The molecule has 6 nitrogen and oxygen atoms in total. The van der Waals surface area contributed by atoms with E-state index in [0.717, 1.165) is 44.8 Å². The fourth-order valence-electron chi connectivity index (χ4n) is 4.26. The highest BCUT2D eigenvalue weighted by atomic mass is 35.5. The van der Waals surface area contributed by atoms with Gasteiger partial charge in [0.15, 0.2) is 0 Å². The minimum atomic E-state index is -0.00383. The Morgan fingerprint density at radius 1 is 1.00 bits per heavy atom. The first-order chi connectivity index (χ1) is 15.0. The van der Waals surface area contributed by atoms with Crippen molar-refractivity contribution < 1.29 is 14.3 Å². The van der Waals surface area contributed by atoms with Gasteiger partial charge in [0, 0.05) is 51.3 Å². The van der Waals surface area contributed by atoms with E-state index >= 15 is 0 Å². The molecule has 0 radical (unpaired) electrons. The highest BCUT2D eigenvalue weighted by Crippen LogP contribution is 2.31. The van der Waals surface area contributed by atoms with Gasteiger partial charge in [-0.25, -0.2) is 0 Å². The normalized spacial score (nSPS) is 17.7. The van der Waals surface area contributed by atoms with Crippen molar-refractivity contribution in [2.75, 3.05) is 44.7 Å². The van der Waals surface area contributed by atoms with Crippen LogP contribution in [-0.4, -0.2) is 61.4 Å². The van der Waals surface area contributed by atoms with Gasteiger partial charge >= 0.3 is 0 Å². The molecule has 164 valence electrons. The van der Waals surface area contributed by atoms with Gasteiger partial charge in [-0.05, 0) is 48.7 Å². The first-order valence-corrected chi connectivity index (χ1v) is 11.2. The van der Waals surface area contributed by atoms with Crippen molar-refractivity contribution in [2.45, 2.75) is 25.8 Å². The van der Waals surface area contributed by atoms with Crippen molar-refractivity contribution in [1.29, 1.82) is 0 Å². The lowest BCUT2D eigenvalue weighted by Gasteiger charge is -2.23. The largest absolute Gasteiger partial charge is 0.497 e. The van der Waals surface area contributed by atoms with Gasteiger partial charge in [-0.3, -0.25) is 14.5 Å². The van der Waals surface area contributed by atoms with Crippen LogP contribution in [0.25, 0.3) is 0 Å². The predicted molar refractivity (Wildman–Crippen MR) is 122 cm³/mol. The van der Waals surface area contributed by atoms with E-state index in [1.807, 2.05) is 17.0 Å². The summed E-state index contributed by atoms with van der Waals surface area (Å²) in [6, 6.07) is 13.4. The summed E-state index contributed by atoms with van der Waals surface area (Å²) in [4.78, 5) is 31.3. The zero-order valence-electron chi connectivity index (χ0n) is 17.8. The molecule has 0 aliphatic carbocycles. The highest BCUT2D eigenvalue weighted by molar-refractivity contribution is 6.34. The summed E-state index contributed by atoms with van der Waals surface area (Å²) in [5.74, 6) is 0.917. The fraction of sp³-hybridized carbons (Fsp3) is 0.417. The van der Waals surface area contributed by atoms with E-state index < -0.39 is 0 Å². The van der Waals surface area contributed by atoms with Crippen LogP contribution in [0.15, 0.2) is 42.5 Å². The third kappa shape index (κ3) is 5.02. The number of carbonyl (C=O) groups is 2. The molecule has 0 atom stereocenters. The monoisotopic (exact) mass is 441 g/mol. The van der Waals surface area contributed by atoms with Gasteiger partial charge in [-0.15, -0.1) is 0 Å². The molecule has 2 fully saturated rings. The molecule has 4 rings (SSSR count). The fourth-order valence-corrected chi connectivity index (χ4v) is 4.48. The molecule has 2 aliphatic heterocycles. The average molecular weight is 442 g/mol. The molecule has 0 unspecified atom stereocenters. The number of amides is 2. The van der Waals surface area contributed by atoms with E-state index in [4.69, 9.17) is 16.3 Å². The quantitative estimate of drug-likeness (QED) is 0.707. The van der Waals surface area contributed by atoms with Crippen LogP contribution in [0.3, 0.4) is 0 Å². The Morgan fingerprint density at radius 3 is 2.52 bits per heavy atom. The summed E-state index contributed by atoms with van der Waals surface area (Å²) in [5, 5.41) is 0.508. The molecule has 2 heterocycles. The van der Waals surface area contributed by atoms with Crippen LogP contribution >= 0.6 is 11.6 Å². The van der Waals surface area contributed by atoms with Gasteiger partial charge in [0.05, 0.1) is 17.8 Å². The number of hydrogen-bond acceptors (Lipinski definition) is 4. The zero-order valence-corrected chi connectivity index (χ0v) is 18.6. The lowest BCUT2D eigenvalue weighted by atomic mass is 10.1. The minimum Gasteiger partial charge on any atom is -0.497 e. The van der Waals surface area contributed by atoms with Gasteiger partial charge < -0.3 is 14.5 Å². The lowest BCUT2D eigenvalue weighted by Crippen LogP contribution is -2.35. The highest BCUT2D eigenvalue weighted by Gasteiger charge is 2.26. The van der Waals surface area contributed by atoms with E-state index in [-0.39, 0.29) is 11.8 Å². The third-order valence-electron chi connectivity index (χ3n) is 6.00. The van der Waals surface area contributed by atoms with E-state index in [0.29, 0.717) is 35.8 Å². The van der Waals surface area contributed by atoms with Crippen molar-refractivity contribution in [3.05, 3.63) is 58.6 Å². The Bertz CT molecular complexity index is 948. The van der Waals surface area contributed by atoms with Crippen LogP contribution in [-0.2, 0) is 11.3 Å². The van der Waals surface area contributed by atoms with Gasteiger partial charge in [0.2, 0.25) is 5.91 Å². The SMILES string of the molecule is COc1ccc(CN2CCCN(C(=O)c3ccc(Cl)c(N4CCCC4=O)c3)CC2)cc1. The molecule has 31 heavy (non-hydrogen) atoms. The van der Waals surface area contributed by atoms with Crippen LogP contribution in [0, 0.1) is 0 Å². The smallest absolute Gasteiger partial charge is 0.253 e. The standard InChI is InChI=1S/C24H28ClN3O3/c1-31-20-8-5-18(6-9-20)17-26-11-3-12-27(15-14-26)24(30)19-7-10-21(25)22(16-19)28-13-2-4-23(28)29/h5-10,16H,2-4,11-15,17H2,1H3. The van der Waals surface area contributed by atoms with Crippen LogP contribution in [0.4, 0.5) is 5.69 Å². The molecule has 2 saturated heterocycles. The molecule has 2 amide bonds. The van der Waals surface area contributed by atoms with Gasteiger partial charge in [-0.2, -0.15) is 0 Å². The number of benzene rings is 2. The molecule has 0 spiro atoms. The minimum absolute atomic E-state index is 0.00383. The second-order valence-corrected chi connectivity index (χ2v) is 8.49. The zero-order chi connectivity index (χ0) is 21.8.